The number of halogens is 3. The van der Waals surface area contributed by atoms with Crippen LogP contribution in [0.4, 0.5) is 19.0 Å². The predicted molar refractivity (Wildman–Crippen MR) is 115 cm³/mol. The van der Waals surface area contributed by atoms with Gasteiger partial charge in [-0.3, -0.25) is 14.6 Å². The minimum Gasteiger partial charge on any atom is -0.357 e. The lowest BCUT2D eigenvalue weighted by atomic mass is 10.1. The smallest absolute Gasteiger partial charge is 0.357 e. The van der Waals surface area contributed by atoms with Crippen LogP contribution >= 0.6 is 0 Å². The zero-order valence-electron chi connectivity index (χ0n) is 18.5. The molecule has 2 N–H and O–H groups in total. The summed E-state index contributed by atoms with van der Waals surface area (Å²) in [5, 5.41) is 5.53. The second-order valence-electron chi connectivity index (χ2n) is 8.12. The van der Waals surface area contributed by atoms with Crippen LogP contribution < -0.4 is 10.6 Å². The SMILES string of the molecule is CCCC(=O)Nc1cc(C(=O)NC2(COCN=C/C(=C\C(C)C)C(F)(F)F)CC2)ccn1. The standard InChI is InChI=1S/C22H29F3N4O3/c1-4-5-19(30)28-18-11-16(6-9-27-18)20(31)29-21(7-8-21)13-32-14-26-12-17(10-15(2)3)22(23,24)25/h6,9-12,15H,4-5,7-8,13-14H2,1-3H3,(H,29,31)(H,27,28,30)/b17-10+,26-12?. The average molecular weight is 454 g/mol. The zero-order chi connectivity index (χ0) is 23.8. The number of carbonyl (C=O) groups is 2. The fourth-order valence-corrected chi connectivity index (χ4v) is 2.84. The molecule has 1 aliphatic rings. The molecule has 0 radical (unpaired) electrons. The summed E-state index contributed by atoms with van der Waals surface area (Å²) < 4.78 is 44.3. The molecule has 1 aromatic heterocycles. The number of aliphatic imine (C=N–C) groups is 1. The molecule has 0 atom stereocenters. The third-order valence-corrected chi connectivity index (χ3v) is 4.61. The van der Waals surface area contributed by atoms with E-state index in [0.717, 1.165) is 12.3 Å². The molecule has 2 rings (SSSR count). The van der Waals surface area contributed by atoms with E-state index in [1.807, 2.05) is 6.92 Å². The lowest BCUT2D eigenvalue weighted by Gasteiger charge is -2.17. The Morgan fingerprint density at radius 2 is 2.06 bits per heavy atom. The van der Waals surface area contributed by atoms with Gasteiger partial charge in [0.2, 0.25) is 5.91 Å². The molecule has 2 amide bonds. The average Bonchev–Trinajstić information content (AvgIpc) is 3.45. The van der Waals surface area contributed by atoms with Gasteiger partial charge in [0.1, 0.15) is 12.5 Å². The van der Waals surface area contributed by atoms with Crippen molar-refractivity contribution in [2.45, 2.75) is 58.2 Å². The van der Waals surface area contributed by atoms with Gasteiger partial charge in [-0.05, 0) is 37.3 Å². The van der Waals surface area contributed by atoms with Crippen LogP contribution in [-0.2, 0) is 9.53 Å². The minimum atomic E-state index is -4.47. The van der Waals surface area contributed by atoms with Crippen molar-refractivity contribution >= 4 is 23.8 Å². The summed E-state index contributed by atoms with van der Waals surface area (Å²) in [5.41, 5.74) is -1.04. The van der Waals surface area contributed by atoms with Gasteiger partial charge in [-0.15, -0.1) is 0 Å². The maximum Gasteiger partial charge on any atom is 0.417 e. The lowest BCUT2D eigenvalue weighted by molar-refractivity contribution is -0.116. The monoisotopic (exact) mass is 454 g/mol. The van der Waals surface area contributed by atoms with E-state index in [4.69, 9.17) is 4.74 Å². The Hall–Kier alpha value is -2.75. The van der Waals surface area contributed by atoms with E-state index in [0.29, 0.717) is 37.1 Å². The van der Waals surface area contributed by atoms with Crippen LogP contribution in [0.25, 0.3) is 0 Å². The maximum atomic E-state index is 13.0. The molecule has 1 fully saturated rings. The van der Waals surface area contributed by atoms with Crippen LogP contribution in [0, 0.1) is 5.92 Å². The Bertz CT molecular complexity index is 862. The van der Waals surface area contributed by atoms with Crippen LogP contribution in [0.1, 0.15) is 56.8 Å². The van der Waals surface area contributed by atoms with Crippen LogP contribution in [0.2, 0.25) is 0 Å². The molecule has 0 bridgehead atoms. The van der Waals surface area contributed by atoms with Crippen molar-refractivity contribution in [3.63, 3.8) is 0 Å². The van der Waals surface area contributed by atoms with E-state index in [1.54, 1.807) is 13.8 Å². The molecule has 1 aromatic rings. The third kappa shape index (κ3) is 8.41. The first-order valence-corrected chi connectivity index (χ1v) is 10.5. The Kier molecular flexibility index (Phi) is 8.94. The van der Waals surface area contributed by atoms with E-state index >= 15 is 0 Å². The van der Waals surface area contributed by atoms with Gasteiger partial charge in [0.05, 0.1) is 17.7 Å². The molecular weight excluding hydrogens is 425 g/mol. The fraction of sp³-hybridized carbons (Fsp3) is 0.545. The first-order valence-electron chi connectivity index (χ1n) is 10.5. The normalized spacial score (nSPS) is 15.8. The molecule has 10 heteroatoms. The highest BCUT2D eigenvalue weighted by Gasteiger charge is 2.44. The number of hydrogen-bond acceptors (Lipinski definition) is 5. The second-order valence-corrected chi connectivity index (χ2v) is 8.12. The number of alkyl halides is 3. The quantitative estimate of drug-likeness (QED) is 0.386. The van der Waals surface area contributed by atoms with Crippen LogP contribution in [0.5, 0.6) is 0 Å². The number of hydrogen-bond donors (Lipinski definition) is 2. The molecule has 32 heavy (non-hydrogen) atoms. The number of amides is 2. The molecule has 0 unspecified atom stereocenters. The number of pyridine rings is 1. The summed E-state index contributed by atoms with van der Waals surface area (Å²) in [6.07, 6.45) is 1.26. The van der Waals surface area contributed by atoms with Crippen molar-refractivity contribution < 1.29 is 27.5 Å². The summed E-state index contributed by atoms with van der Waals surface area (Å²) in [4.78, 5) is 32.0. The van der Waals surface area contributed by atoms with Crippen molar-refractivity contribution in [2.75, 3.05) is 18.7 Å². The van der Waals surface area contributed by atoms with E-state index in [2.05, 4.69) is 20.6 Å². The number of rotatable bonds is 11. The Morgan fingerprint density at radius 3 is 2.66 bits per heavy atom. The highest BCUT2D eigenvalue weighted by Crippen LogP contribution is 2.36. The highest BCUT2D eigenvalue weighted by molar-refractivity contribution is 5.97. The molecule has 1 heterocycles. The zero-order valence-corrected chi connectivity index (χ0v) is 18.5. The first-order chi connectivity index (χ1) is 15.0. The van der Waals surface area contributed by atoms with Gasteiger partial charge in [-0.25, -0.2) is 4.98 Å². The van der Waals surface area contributed by atoms with Gasteiger partial charge < -0.3 is 15.4 Å². The highest BCUT2D eigenvalue weighted by atomic mass is 19.4. The fourth-order valence-electron chi connectivity index (χ4n) is 2.84. The number of ether oxygens (including phenoxy) is 1. The van der Waals surface area contributed by atoms with E-state index in [-0.39, 0.29) is 31.1 Å². The van der Waals surface area contributed by atoms with Crippen molar-refractivity contribution in [1.29, 1.82) is 0 Å². The summed E-state index contributed by atoms with van der Waals surface area (Å²) >= 11 is 0. The molecule has 0 aromatic carbocycles. The van der Waals surface area contributed by atoms with E-state index in [9.17, 15) is 22.8 Å². The van der Waals surface area contributed by atoms with Gasteiger partial charge in [0, 0.05) is 24.4 Å². The molecular formula is C22H29F3N4O3. The summed E-state index contributed by atoms with van der Waals surface area (Å²) in [7, 11) is 0. The van der Waals surface area contributed by atoms with Gasteiger partial charge in [0.25, 0.3) is 5.91 Å². The Morgan fingerprint density at radius 1 is 1.34 bits per heavy atom. The predicted octanol–water partition coefficient (Wildman–Crippen LogP) is 4.27. The van der Waals surface area contributed by atoms with Crippen molar-refractivity contribution in [2.24, 2.45) is 10.9 Å². The van der Waals surface area contributed by atoms with Crippen molar-refractivity contribution in [3.8, 4) is 0 Å². The summed E-state index contributed by atoms with van der Waals surface area (Å²) in [5.74, 6) is -0.497. The number of nitrogens with one attached hydrogen (secondary N) is 2. The summed E-state index contributed by atoms with van der Waals surface area (Å²) in [6.45, 7) is 5.08. The van der Waals surface area contributed by atoms with Crippen molar-refractivity contribution in [3.05, 3.63) is 35.5 Å². The molecule has 176 valence electrons. The van der Waals surface area contributed by atoms with Gasteiger partial charge in [-0.2, -0.15) is 13.2 Å². The van der Waals surface area contributed by atoms with Gasteiger partial charge in [0.15, 0.2) is 0 Å². The third-order valence-electron chi connectivity index (χ3n) is 4.61. The van der Waals surface area contributed by atoms with Crippen LogP contribution in [0.3, 0.4) is 0 Å². The molecule has 0 aliphatic heterocycles. The molecule has 7 nitrogen and oxygen atoms in total. The number of carbonyl (C=O) groups excluding carboxylic acids is 2. The van der Waals surface area contributed by atoms with Gasteiger partial charge >= 0.3 is 6.18 Å². The molecule has 0 spiro atoms. The van der Waals surface area contributed by atoms with Crippen LogP contribution in [0.15, 0.2) is 35.0 Å². The van der Waals surface area contributed by atoms with Crippen LogP contribution in [-0.4, -0.2) is 48.1 Å². The Labute approximate surface area is 185 Å². The number of allylic oxidation sites excluding steroid dienone is 2. The van der Waals surface area contributed by atoms with Gasteiger partial charge in [-0.1, -0.05) is 26.8 Å². The maximum absolute atomic E-state index is 13.0. The Balaban J connectivity index is 1.87. The number of nitrogens with zero attached hydrogens (tertiary/aromatic N) is 2. The molecule has 0 saturated heterocycles. The van der Waals surface area contributed by atoms with E-state index in [1.165, 1.54) is 18.3 Å². The molecule has 1 saturated carbocycles. The largest absolute Gasteiger partial charge is 0.417 e. The van der Waals surface area contributed by atoms with E-state index < -0.39 is 17.3 Å². The number of anilines is 1. The lowest BCUT2D eigenvalue weighted by Crippen LogP contribution is -2.40. The second kappa shape index (κ2) is 11.2. The summed E-state index contributed by atoms with van der Waals surface area (Å²) in [6, 6.07) is 3.02. The number of aromatic nitrogens is 1. The topological polar surface area (TPSA) is 92.7 Å². The van der Waals surface area contributed by atoms with Crippen molar-refractivity contribution in [1.82, 2.24) is 10.3 Å². The first kappa shape index (κ1) is 25.5. The molecule has 1 aliphatic carbocycles. The minimum absolute atomic E-state index is 0.135.